The van der Waals surface area contributed by atoms with Crippen molar-refractivity contribution in [1.82, 2.24) is 0 Å². The Hall–Kier alpha value is -5.01. The van der Waals surface area contributed by atoms with Crippen LogP contribution in [0.15, 0.2) is 109 Å². The average molecular weight is 511 g/mol. The molecule has 39 heavy (non-hydrogen) atoms. The molecule has 0 saturated heterocycles. The number of hydrogen-bond donors (Lipinski definition) is 0. The number of hydrogen-bond acceptors (Lipinski definition) is 4. The van der Waals surface area contributed by atoms with Crippen LogP contribution in [-0.4, -0.2) is 28.3 Å². The van der Waals surface area contributed by atoms with Crippen LogP contribution < -0.4 is 14.4 Å². The Morgan fingerprint density at radius 3 is 1.31 bits per heavy atom. The Balaban J connectivity index is 2.04. The third-order valence-electron chi connectivity index (χ3n) is 6.91. The molecule has 5 rings (SSSR count). The smallest absolute Gasteiger partial charge is 0.118 e. The molecule has 0 heterocycles. The molecule has 192 valence electrons. The van der Waals surface area contributed by atoms with Crippen molar-refractivity contribution in [3.8, 4) is 62.1 Å². The third-order valence-corrected chi connectivity index (χ3v) is 6.91. The van der Waals surface area contributed by atoms with Crippen LogP contribution in [0.4, 0.5) is 5.69 Å². The first kappa shape index (κ1) is 25.6. The van der Waals surface area contributed by atoms with Gasteiger partial charge in [-0.1, -0.05) is 84.9 Å². The summed E-state index contributed by atoms with van der Waals surface area (Å²) < 4.78 is 10.9. The summed E-state index contributed by atoms with van der Waals surface area (Å²) >= 11 is 0. The first-order valence-corrected chi connectivity index (χ1v) is 12.8. The van der Waals surface area contributed by atoms with E-state index in [1.165, 1.54) is 0 Å². The summed E-state index contributed by atoms with van der Waals surface area (Å²) in [5.74, 6) is 1.56. The topological polar surface area (TPSA) is 45.5 Å². The van der Waals surface area contributed by atoms with Gasteiger partial charge >= 0.3 is 0 Å². The molecule has 5 aromatic rings. The Morgan fingerprint density at radius 2 is 0.897 bits per heavy atom. The lowest BCUT2D eigenvalue weighted by Crippen LogP contribution is -2.14. The van der Waals surface area contributed by atoms with Crippen molar-refractivity contribution in [1.29, 1.82) is 5.26 Å². The summed E-state index contributed by atoms with van der Waals surface area (Å²) in [5, 5.41) is 10.8. The van der Waals surface area contributed by atoms with E-state index in [0.717, 1.165) is 61.7 Å². The molecule has 0 atom stereocenters. The van der Waals surface area contributed by atoms with Gasteiger partial charge in [0.25, 0.3) is 0 Å². The summed E-state index contributed by atoms with van der Waals surface area (Å²) in [6.07, 6.45) is 0. The number of rotatable bonds is 7. The number of ether oxygens (including phenoxy) is 2. The lowest BCUT2D eigenvalue weighted by atomic mass is 9.79. The molecule has 0 N–H and O–H groups in total. The molecule has 0 aliphatic heterocycles. The van der Waals surface area contributed by atoms with Crippen LogP contribution in [0.25, 0.3) is 44.5 Å². The van der Waals surface area contributed by atoms with Crippen LogP contribution in [0, 0.1) is 11.3 Å². The molecule has 4 heteroatoms. The predicted molar refractivity (Wildman–Crippen MR) is 160 cm³/mol. The minimum absolute atomic E-state index is 0.625. The van der Waals surface area contributed by atoms with E-state index in [1.807, 2.05) is 86.9 Å². The second-order valence-electron chi connectivity index (χ2n) is 9.42. The van der Waals surface area contributed by atoms with E-state index in [1.54, 1.807) is 14.2 Å². The molecular weight excluding hydrogens is 480 g/mol. The third kappa shape index (κ3) is 4.83. The predicted octanol–water partition coefficient (Wildman–Crippen LogP) is 8.31. The Bertz CT molecular complexity index is 1620. The number of nitrogens with zero attached hydrogens (tertiary/aromatic N) is 2. The van der Waals surface area contributed by atoms with E-state index in [2.05, 4.69) is 47.4 Å². The van der Waals surface area contributed by atoms with Gasteiger partial charge in [-0.15, -0.1) is 0 Å². The van der Waals surface area contributed by atoms with Crippen LogP contribution in [-0.2, 0) is 0 Å². The van der Waals surface area contributed by atoms with Crippen LogP contribution >= 0.6 is 0 Å². The van der Waals surface area contributed by atoms with Crippen molar-refractivity contribution in [2.45, 2.75) is 0 Å². The maximum atomic E-state index is 10.8. The molecule has 0 aromatic heterocycles. The van der Waals surface area contributed by atoms with Crippen molar-refractivity contribution in [2.75, 3.05) is 33.2 Å². The zero-order valence-corrected chi connectivity index (χ0v) is 22.6. The zero-order valence-electron chi connectivity index (χ0n) is 22.6. The van der Waals surface area contributed by atoms with Gasteiger partial charge < -0.3 is 14.4 Å². The molecule has 0 unspecified atom stereocenters. The number of benzene rings is 5. The van der Waals surface area contributed by atoms with Crippen LogP contribution in [0.1, 0.15) is 5.56 Å². The maximum Gasteiger partial charge on any atom is 0.118 e. The van der Waals surface area contributed by atoms with E-state index < -0.39 is 0 Å². The molecule has 0 aliphatic carbocycles. The average Bonchev–Trinajstić information content (AvgIpc) is 3.00. The van der Waals surface area contributed by atoms with Crippen LogP contribution in [0.5, 0.6) is 11.5 Å². The lowest BCUT2D eigenvalue weighted by Gasteiger charge is -2.29. The van der Waals surface area contributed by atoms with E-state index in [9.17, 15) is 5.26 Å². The molecule has 5 aromatic carbocycles. The SMILES string of the molecule is COc1ccc(-c2c(C#N)c(N(C)C)c(-c3ccccc3)c(-c3ccc(OC)cc3)c2-c2ccccc2)cc1. The summed E-state index contributed by atoms with van der Waals surface area (Å²) in [5.41, 5.74) is 9.53. The van der Waals surface area contributed by atoms with E-state index in [0.29, 0.717) is 5.56 Å². The zero-order chi connectivity index (χ0) is 27.4. The van der Waals surface area contributed by atoms with Gasteiger partial charge in [-0.2, -0.15) is 5.26 Å². The molecule has 0 bridgehead atoms. The largest absolute Gasteiger partial charge is 0.497 e. The molecule has 0 aliphatic rings. The van der Waals surface area contributed by atoms with E-state index in [-0.39, 0.29) is 0 Å². The quantitative estimate of drug-likeness (QED) is 0.221. The number of anilines is 1. The minimum Gasteiger partial charge on any atom is -0.497 e. The standard InChI is InChI=1S/C35H30N2O2/c1-37(2)35-30(23-36)31(26-15-19-28(38-3)20-16-26)32(24-11-7-5-8-12-24)33(27-17-21-29(39-4)22-18-27)34(35)25-13-9-6-10-14-25/h5-22H,1-4H3. The molecule has 0 saturated carbocycles. The highest BCUT2D eigenvalue weighted by molar-refractivity contribution is 6.09. The summed E-state index contributed by atoms with van der Waals surface area (Å²) in [4.78, 5) is 2.05. The van der Waals surface area contributed by atoms with Crippen molar-refractivity contribution in [2.24, 2.45) is 0 Å². The van der Waals surface area contributed by atoms with Gasteiger partial charge in [0, 0.05) is 30.8 Å². The maximum absolute atomic E-state index is 10.8. The lowest BCUT2D eigenvalue weighted by molar-refractivity contribution is 0.415. The fourth-order valence-corrected chi connectivity index (χ4v) is 5.16. The molecule has 4 nitrogen and oxygen atoms in total. The van der Waals surface area contributed by atoms with Gasteiger partial charge in [-0.3, -0.25) is 0 Å². The first-order chi connectivity index (χ1) is 19.1. The molecule has 0 spiro atoms. The monoisotopic (exact) mass is 510 g/mol. The number of methoxy groups -OCH3 is 2. The normalized spacial score (nSPS) is 10.5. The van der Waals surface area contributed by atoms with Crippen molar-refractivity contribution in [3.63, 3.8) is 0 Å². The fourth-order valence-electron chi connectivity index (χ4n) is 5.16. The fraction of sp³-hybridized carbons (Fsp3) is 0.114. The highest BCUT2D eigenvalue weighted by atomic mass is 16.5. The van der Waals surface area contributed by atoms with Crippen molar-refractivity contribution >= 4 is 5.69 Å². The van der Waals surface area contributed by atoms with E-state index in [4.69, 9.17) is 9.47 Å². The Kier molecular flexibility index (Phi) is 7.34. The summed E-state index contributed by atoms with van der Waals surface area (Å²) in [6.45, 7) is 0. The van der Waals surface area contributed by atoms with Gasteiger partial charge in [-0.25, -0.2) is 0 Å². The van der Waals surface area contributed by atoms with Crippen LogP contribution in [0.2, 0.25) is 0 Å². The van der Waals surface area contributed by atoms with Gasteiger partial charge in [0.05, 0.1) is 25.5 Å². The summed E-state index contributed by atoms with van der Waals surface area (Å²) in [6, 6.07) is 39.3. The molecular formula is C35H30N2O2. The minimum atomic E-state index is 0.625. The highest BCUT2D eigenvalue weighted by Gasteiger charge is 2.28. The summed E-state index contributed by atoms with van der Waals surface area (Å²) in [7, 11) is 7.33. The van der Waals surface area contributed by atoms with Gasteiger partial charge in [0.2, 0.25) is 0 Å². The Morgan fingerprint density at radius 1 is 0.513 bits per heavy atom. The van der Waals surface area contributed by atoms with Crippen molar-refractivity contribution in [3.05, 3.63) is 115 Å². The first-order valence-electron chi connectivity index (χ1n) is 12.8. The second-order valence-corrected chi connectivity index (χ2v) is 9.42. The molecule has 0 amide bonds. The van der Waals surface area contributed by atoms with Gasteiger partial charge in [0.15, 0.2) is 0 Å². The second kappa shape index (κ2) is 11.2. The number of nitriles is 1. The van der Waals surface area contributed by atoms with Gasteiger partial charge in [0.1, 0.15) is 17.6 Å². The van der Waals surface area contributed by atoms with Crippen molar-refractivity contribution < 1.29 is 9.47 Å². The highest BCUT2D eigenvalue weighted by Crippen LogP contribution is 2.52. The molecule has 0 radical (unpaired) electrons. The van der Waals surface area contributed by atoms with Crippen LogP contribution in [0.3, 0.4) is 0 Å². The van der Waals surface area contributed by atoms with E-state index >= 15 is 0 Å². The molecule has 0 fully saturated rings. The Labute approximate surface area is 230 Å². The van der Waals surface area contributed by atoms with Gasteiger partial charge in [-0.05, 0) is 52.1 Å².